The predicted octanol–water partition coefficient (Wildman–Crippen LogP) is 3.37. The zero-order valence-corrected chi connectivity index (χ0v) is 14.1. The third kappa shape index (κ3) is 4.77. The lowest BCUT2D eigenvalue weighted by Crippen LogP contribution is -2.47. The van der Waals surface area contributed by atoms with Gasteiger partial charge in [-0.05, 0) is 11.1 Å². The predicted molar refractivity (Wildman–Crippen MR) is 93.4 cm³/mol. The second-order valence-corrected chi connectivity index (χ2v) is 6.17. The Hall–Kier alpha value is -2.46. The van der Waals surface area contributed by atoms with Crippen LogP contribution in [0.4, 0.5) is 0 Å². The minimum atomic E-state index is -1.15. The molecule has 126 valence electrons. The maximum Gasteiger partial charge on any atom is 0.328 e. The molecule has 0 amide bonds. The summed E-state index contributed by atoms with van der Waals surface area (Å²) in [4.78, 5) is 26.0. The average Bonchev–Trinajstić information content (AvgIpc) is 2.56. The van der Waals surface area contributed by atoms with E-state index in [4.69, 9.17) is 0 Å². The van der Waals surface area contributed by atoms with Crippen molar-refractivity contribution in [3.05, 3.63) is 71.8 Å². The highest BCUT2D eigenvalue weighted by Gasteiger charge is 2.34. The van der Waals surface area contributed by atoms with Crippen molar-refractivity contribution in [1.29, 1.82) is 0 Å². The van der Waals surface area contributed by atoms with E-state index < -0.39 is 12.0 Å². The summed E-state index contributed by atoms with van der Waals surface area (Å²) in [6.45, 7) is 4.29. The monoisotopic (exact) mass is 325 g/mol. The van der Waals surface area contributed by atoms with Crippen LogP contribution in [0.3, 0.4) is 0 Å². The van der Waals surface area contributed by atoms with Gasteiger partial charge in [-0.15, -0.1) is 0 Å². The minimum Gasteiger partial charge on any atom is -0.480 e. The Morgan fingerprint density at radius 3 is 1.62 bits per heavy atom. The maximum absolute atomic E-state index is 12.5. The molecule has 0 radical (unpaired) electrons. The van der Waals surface area contributed by atoms with E-state index >= 15 is 0 Å². The van der Waals surface area contributed by atoms with Crippen molar-refractivity contribution in [3.63, 3.8) is 0 Å². The number of carboxylic acids is 1. The molecule has 2 rings (SSSR count). The fourth-order valence-electron chi connectivity index (χ4n) is 2.65. The summed E-state index contributed by atoms with van der Waals surface area (Å²) in [5.41, 5.74) is 1.97. The number of rotatable bonds is 8. The lowest BCUT2D eigenvalue weighted by atomic mass is 9.99. The fourth-order valence-corrected chi connectivity index (χ4v) is 2.65. The number of carbonyl (C=O) groups is 2. The van der Waals surface area contributed by atoms with Gasteiger partial charge in [0.25, 0.3) is 0 Å². The first kappa shape index (κ1) is 17.9. The number of benzene rings is 2. The van der Waals surface area contributed by atoms with E-state index in [0.717, 1.165) is 11.1 Å². The molecule has 0 aliphatic heterocycles. The van der Waals surface area contributed by atoms with E-state index in [1.165, 1.54) is 0 Å². The Kier molecular flexibility index (Phi) is 6.27. The molecule has 0 aromatic heterocycles. The number of ketones is 1. The zero-order valence-electron chi connectivity index (χ0n) is 14.1. The van der Waals surface area contributed by atoms with Crippen molar-refractivity contribution in [2.75, 3.05) is 0 Å². The summed E-state index contributed by atoms with van der Waals surface area (Å²) in [5, 5.41) is 9.66. The van der Waals surface area contributed by atoms with Crippen LogP contribution in [0, 0.1) is 5.92 Å². The van der Waals surface area contributed by atoms with E-state index in [0.29, 0.717) is 13.1 Å². The van der Waals surface area contributed by atoms with Crippen molar-refractivity contribution in [2.45, 2.75) is 33.0 Å². The molecule has 0 heterocycles. The van der Waals surface area contributed by atoms with E-state index in [1.54, 1.807) is 18.7 Å². The van der Waals surface area contributed by atoms with Crippen LogP contribution in [0.25, 0.3) is 0 Å². The Labute approximate surface area is 142 Å². The van der Waals surface area contributed by atoms with Crippen molar-refractivity contribution >= 4 is 11.8 Å². The molecule has 4 heteroatoms. The van der Waals surface area contributed by atoms with Crippen molar-refractivity contribution in [3.8, 4) is 0 Å². The third-order valence-electron chi connectivity index (χ3n) is 3.89. The van der Waals surface area contributed by atoms with Crippen LogP contribution in [0.5, 0.6) is 0 Å². The number of hydrogen-bond donors (Lipinski definition) is 1. The second-order valence-electron chi connectivity index (χ2n) is 6.17. The molecular formula is C20H23NO3. The standard InChI is InChI=1S/C20H23NO3/c1-15(2)19(22)18(20(23)24)21(13-16-9-5-3-6-10-16)14-17-11-7-4-8-12-17/h3-12,15,18H,13-14H2,1-2H3,(H,23,24). The molecule has 1 atom stereocenters. The largest absolute Gasteiger partial charge is 0.480 e. The smallest absolute Gasteiger partial charge is 0.328 e. The molecule has 2 aromatic carbocycles. The average molecular weight is 325 g/mol. The lowest BCUT2D eigenvalue weighted by molar-refractivity contribution is -0.149. The SMILES string of the molecule is CC(C)C(=O)C(C(=O)O)N(Cc1ccccc1)Cc1ccccc1. The highest BCUT2D eigenvalue weighted by Crippen LogP contribution is 2.17. The number of aliphatic carboxylic acids is 1. The summed E-state index contributed by atoms with van der Waals surface area (Å²) < 4.78 is 0. The van der Waals surface area contributed by atoms with E-state index in [-0.39, 0.29) is 11.7 Å². The number of hydrogen-bond acceptors (Lipinski definition) is 3. The molecule has 1 N–H and O–H groups in total. The van der Waals surface area contributed by atoms with E-state index in [2.05, 4.69) is 0 Å². The summed E-state index contributed by atoms with van der Waals surface area (Å²) in [7, 11) is 0. The topological polar surface area (TPSA) is 57.6 Å². The Balaban J connectivity index is 2.32. The van der Waals surface area contributed by atoms with Gasteiger partial charge in [0.1, 0.15) is 0 Å². The molecule has 0 aliphatic carbocycles. The number of carboxylic acid groups (broad SMARTS) is 1. The van der Waals surface area contributed by atoms with Gasteiger partial charge in [0.2, 0.25) is 0 Å². The summed E-state index contributed by atoms with van der Waals surface area (Å²) in [6.07, 6.45) is 0. The second kappa shape index (κ2) is 8.41. The van der Waals surface area contributed by atoms with Gasteiger partial charge in [-0.2, -0.15) is 0 Å². The molecule has 0 spiro atoms. The minimum absolute atomic E-state index is 0.269. The quantitative estimate of drug-likeness (QED) is 0.756. The fraction of sp³-hybridized carbons (Fsp3) is 0.300. The van der Waals surface area contributed by atoms with Gasteiger partial charge in [0, 0.05) is 19.0 Å². The molecule has 24 heavy (non-hydrogen) atoms. The molecule has 0 fully saturated rings. The molecule has 0 saturated carbocycles. The van der Waals surface area contributed by atoms with Crippen LogP contribution in [0.15, 0.2) is 60.7 Å². The number of Topliss-reactive ketones (excluding diaryl/α,β-unsaturated/α-hetero) is 1. The molecule has 0 aliphatic rings. The van der Waals surface area contributed by atoms with Crippen LogP contribution in [-0.2, 0) is 22.7 Å². The molecule has 1 unspecified atom stereocenters. The van der Waals surface area contributed by atoms with Gasteiger partial charge < -0.3 is 5.11 Å². The van der Waals surface area contributed by atoms with Gasteiger partial charge in [0.05, 0.1) is 0 Å². The van der Waals surface area contributed by atoms with Gasteiger partial charge >= 0.3 is 5.97 Å². The van der Waals surface area contributed by atoms with E-state index in [1.807, 2.05) is 60.7 Å². The summed E-state index contributed by atoms with van der Waals surface area (Å²) in [6, 6.07) is 18.1. The number of nitrogens with zero attached hydrogens (tertiary/aromatic N) is 1. The van der Waals surface area contributed by atoms with Crippen LogP contribution in [0.2, 0.25) is 0 Å². The lowest BCUT2D eigenvalue weighted by Gasteiger charge is -2.29. The van der Waals surface area contributed by atoms with Gasteiger partial charge in [-0.1, -0.05) is 74.5 Å². The van der Waals surface area contributed by atoms with Gasteiger partial charge in [-0.3, -0.25) is 14.5 Å². The Bertz CT molecular complexity index is 626. The van der Waals surface area contributed by atoms with Crippen LogP contribution in [-0.4, -0.2) is 27.8 Å². The van der Waals surface area contributed by atoms with Crippen molar-refractivity contribution < 1.29 is 14.7 Å². The zero-order chi connectivity index (χ0) is 17.5. The maximum atomic E-state index is 12.5. The van der Waals surface area contributed by atoms with Crippen LogP contribution >= 0.6 is 0 Å². The Morgan fingerprint density at radius 2 is 1.29 bits per heavy atom. The van der Waals surface area contributed by atoms with E-state index in [9.17, 15) is 14.7 Å². The first-order valence-corrected chi connectivity index (χ1v) is 8.07. The molecule has 4 nitrogen and oxygen atoms in total. The summed E-state index contributed by atoms with van der Waals surface area (Å²) in [5.74, 6) is -1.70. The molecule has 0 saturated heterocycles. The Morgan fingerprint density at radius 1 is 0.875 bits per heavy atom. The van der Waals surface area contributed by atoms with Crippen molar-refractivity contribution in [1.82, 2.24) is 4.90 Å². The highest BCUT2D eigenvalue weighted by molar-refractivity contribution is 6.03. The third-order valence-corrected chi connectivity index (χ3v) is 3.89. The van der Waals surface area contributed by atoms with Crippen molar-refractivity contribution in [2.24, 2.45) is 5.92 Å². The number of carbonyl (C=O) groups excluding carboxylic acids is 1. The molecular weight excluding hydrogens is 302 g/mol. The van der Waals surface area contributed by atoms with Gasteiger partial charge in [-0.25, -0.2) is 0 Å². The molecule has 0 bridgehead atoms. The van der Waals surface area contributed by atoms with Gasteiger partial charge in [0.15, 0.2) is 11.8 Å². The summed E-state index contributed by atoms with van der Waals surface area (Å²) >= 11 is 0. The normalized spacial score (nSPS) is 12.3. The highest BCUT2D eigenvalue weighted by atomic mass is 16.4. The first-order chi connectivity index (χ1) is 11.5. The van der Waals surface area contributed by atoms with Crippen LogP contribution in [0.1, 0.15) is 25.0 Å². The first-order valence-electron chi connectivity index (χ1n) is 8.07. The van der Waals surface area contributed by atoms with Crippen LogP contribution < -0.4 is 0 Å². The molecule has 2 aromatic rings.